The van der Waals surface area contributed by atoms with E-state index in [0.29, 0.717) is 19.4 Å². The second-order valence-electron chi connectivity index (χ2n) is 8.02. The Kier molecular flexibility index (Phi) is 15.0. The maximum atomic E-state index is 12.8. The topological polar surface area (TPSA) is 300 Å². The third-order valence-corrected chi connectivity index (χ3v) is 4.91. The van der Waals surface area contributed by atoms with Crippen molar-refractivity contribution in [3.05, 3.63) is 0 Å². The van der Waals surface area contributed by atoms with Gasteiger partial charge in [-0.2, -0.15) is 0 Å². The molecular weight excluding hydrogens is 482 g/mol. The fourth-order valence-electron chi connectivity index (χ4n) is 2.98. The summed E-state index contributed by atoms with van der Waals surface area (Å²) in [6.45, 7) is 0.324. The molecular formula is C20H35N7O9. The maximum absolute atomic E-state index is 12.8. The van der Waals surface area contributed by atoms with Crippen LogP contribution in [0.1, 0.15) is 51.4 Å². The lowest BCUT2D eigenvalue weighted by Gasteiger charge is -2.25. The van der Waals surface area contributed by atoms with Crippen LogP contribution in [0.25, 0.3) is 0 Å². The summed E-state index contributed by atoms with van der Waals surface area (Å²) in [5.74, 6) is -7.19. The first-order valence-corrected chi connectivity index (χ1v) is 11.2. The van der Waals surface area contributed by atoms with Crippen molar-refractivity contribution in [3.63, 3.8) is 0 Å². The number of hydrogen-bond acceptors (Lipinski definition) is 9. The van der Waals surface area contributed by atoms with Crippen LogP contribution in [0.2, 0.25) is 0 Å². The zero-order chi connectivity index (χ0) is 27.8. The number of unbranched alkanes of at least 4 members (excludes halogenated alkanes) is 1. The minimum absolute atomic E-state index is 0.0593. The van der Waals surface area contributed by atoms with E-state index in [9.17, 15) is 38.7 Å². The summed E-state index contributed by atoms with van der Waals surface area (Å²) in [5, 5.41) is 25.1. The lowest BCUT2D eigenvalue weighted by Crippen LogP contribution is -2.57. The van der Waals surface area contributed by atoms with Crippen LogP contribution in [-0.4, -0.2) is 82.4 Å². The molecule has 0 spiro atoms. The summed E-state index contributed by atoms with van der Waals surface area (Å²) in [7, 11) is 0. The molecule has 0 saturated carbocycles. The van der Waals surface area contributed by atoms with Crippen LogP contribution >= 0.6 is 0 Å². The number of carboxylic acid groups (broad SMARTS) is 2. The molecule has 0 fully saturated rings. The number of carbonyl (C=O) groups excluding carboxylic acids is 5. The number of hydrogen-bond donors (Lipinski definition) is 9. The highest BCUT2D eigenvalue weighted by Crippen LogP contribution is 2.06. The van der Waals surface area contributed by atoms with Gasteiger partial charge in [0, 0.05) is 12.8 Å². The zero-order valence-corrected chi connectivity index (χ0v) is 19.7. The largest absolute Gasteiger partial charge is 0.481 e. The highest BCUT2D eigenvalue weighted by Gasteiger charge is 2.31. The molecule has 36 heavy (non-hydrogen) atoms. The maximum Gasteiger partial charge on any atom is 0.326 e. The van der Waals surface area contributed by atoms with E-state index in [-0.39, 0.29) is 19.3 Å². The number of carbonyl (C=O) groups is 7. The molecule has 16 nitrogen and oxygen atoms in total. The Balaban J connectivity index is 5.61. The molecule has 0 aliphatic heterocycles. The highest BCUT2D eigenvalue weighted by molar-refractivity contribution is 5.95. The lowest BCUT2D eigenvalue weighted by atomic mass is 10.0. The first kappa shape index (κ1) is 32.2. The molecule has 0 aromatic heterocycles. The van der Waals surface area contributed by atoms with Crippen LogP contribution in [0.5, 0.6) is 0 Å². The van der Waals surface area contributed by atoms with E-state index in [4.69, 9.17) is 28.0 Å². The van der Waals surface area contributed by atoms with Gasteiger partial charge in [0.15, 0.2) is 0 Å². The molecule has 0 bridgehead atoms. The highest BCUT2D eigenvalue weighted by atomic mass is 16.4. The normalized spacial score (nSPS) is 13.9. The molecule has 4 atom stereocenters. The van der Waals surface area contributed by atoms with E-state index in [1.54, 1.807) is 0 Å². The van der Waals surface area contributed by atoms with Gasteiger partial charge >= 0.3 is 11.9 Å². The van der Waals surface area contributed by atoms with Crippen molar-refractivity contribution >= 4 is 41.5 Å². The average Bonchev–Trinajstić information content (AvgIpc) is 2.77. The van der Waals surface area contributed by atoms with E-state index < -0.39 is 84.9 Å². The Bertz CT molecular complexity index is 821. The Morgan fingerprint density at radius 1 is 0.667 bits per heavy atom. The van der Waals surface area contributed by atoms with Crippen LogP contribution in [0.15, 0.2) is 0 Å². The molecule has 0 saturated heterocycles. The standard InChI is InChI=1S/C20H35N7O9/c21-8-2-1-3-13(20(35)36)27-19(34)11(4-6-14(23)28)26-18(33)12(5-7-16(30)31)25-17(32)10(22)9-15(24)29/h10-13H,1-9,21-22H2,(H2,23,28)(H2,24,29)(H,25,32)(H,26,33)(H,27,34)(H,30,31)(H,35,36). The van der Waals surface area contributed by atoms with Gasteiger partial charge in [0.2, 0.25) is 29.5 Å². The quantitative estimate of drug-likeness (QED) is 0.0743. The van der Waals surface area contributed by atoms with Crippen molar-refractivity contribution in [2.75, 3.05) is 6.54 Å². The van der Waals surface area contributed by atoms with Crippen LogP contribution in [0, 0.1) is 0 Å². The summed E-state index contributed by atoms with van der Waals surface area (Å²) < 4.78 is 0. The second-order valence-corrected chi connectivity index (χ2v) is 8.02. The Hall–Kier alpha value is -3.79. The predicted molar refractivity (Wildman–Crippen MR) is 123 cm³/mol. The summed E-state index contributed by atoms with van der Waals surface area (Å²) in [6, 6.07) is -5.64. The van der Waals surface area contributed by atoms with Gasteiger partial charge in [-0.05, 0) is 38.6 Å². The van der Waals surface area contributed by atoms with E-state index in [0.717, 1.165) is 0 Å². The number of carboxylic acids is 2. The summed E-state index contributed by atoms with van der Waals surface area (Å²) in [6.07, 6.45) is -1.17. The molecule has 4 unspecified atom stereocenters. The average molecular weight is 518 g/mol. The van der Waals surface area contributed by atoms with Crippen molar-refractivity contribution in [1.29, 1.82) is 0 Å². The third kappa shape index (κ3) is 13.8. The van der Waals surface area contributed by atoms with Gasteiger partial charge in [-0.3, -0.25) is 28.8 Å². The monoisotopic (exact) mass is 517 g/mol. The Morgan fingerprint density at radius 2 is 1.17 bits per heavy atom. The SMILES string of the molecule is NCCCCC(NC(=O)C(CCC(N)=O)NC(=O)C(CCC(=O)O)NC(=O)C(N)CC(N)=O)C(=O)O. The van der Waals surface area contributed by atoms with E-state index in [1.807, 2.05) is 0 Å². The van der Waals surface area contributed by atoms with Gasteiger partial charge in [0.1, 0.15) is 18.1 Å². The second kappa shape index (κ2) is 16.8. The molecule has 0 aliphatic carbocycles. The molecule has 0 aromatic rings. The van der Waals surface area contributed by atoms with E-state index in [2.05, 4.69) is 16.0 Å². The third-order valence-electron chi connectivity index (χ3n) is 4.91. The molecule has 0 heterocycles. The molecule has 204 valence electrons. The first-order valence-electron chi connectivity index (χ1n) is 11.2. The van der Waals surface area contributed by atoms with Crippen molar-refractivity contribution < 1.29 is 43.8 Å². The number of amides is 5. The van der Waals surface area contributed by atoms with E-state index >= 15 is 0 Å². The van der Waals surface area contributed by atoms with Gasteiger partial charge in [-0.15, -0.1) is 0 Å². The lowest BCUT2D eigenvalue weighted by molar-refractivity contribution is -0.142. The molecule has 0 radical (unpaired) electrons. The molecule has 0 aliphatic rings. The van der Waals surface area contributed by atoms with Crippen molar-refractivity contribution in [2.45, 2.75) is 75.5 Å². The number of nitrogens with one attached hydrogen (secondary N) is 3. The van der Waals surface area contributed by atoms with E-state index in [1.165, 1.54) is 0 Å². The summed E-state index contributed by atoms with van der Waals surface area (Å²) >= 11 is 0. The van der Waals surface area contributed by atoms with Crippen LogP contribution in [0.3, 0.4) is 0 Å². The Morgan fingerprint density at radius 3 is 1.61 bits per heavy atom. The van der Waals surface area contributed by atoms with Crippen molar-refractivity contribution in [2.24, 2.45) is 22.9 Å². The zero-order valence-electron chi connectivity index (χ0n) is 19.7. The fraction of sp³-hybridized carbons (Fsp3) is 0.650. The number of nitrogens with two attached hydrogens (primary N) is 4. The van der Waals surface area contributed by atoms with Crippen LogP contribution in [0.4, 0.5) is 0 Å². The molecule has 0 aromatic carbocycles. The molecule has 13 N–H and O–H groups in total. The van der Waals surface area contributed by atoms with Gasteiger partial charge in [0.25, 0.3) is 0 Å². The van der Waals surface area contributed by atoms with Crippen molar-refractivity contribution in [3.8, 4) is 0 Å². The first-order chi connectivity index (χ1) is 16.8. The van der Waals surface area contributed by atoms with Gasteiger partial charge in [-0.1, -0.05) is 0 Å². The Labute approximate surface area is 206 Å². The molecule has 5 amide bonds. The molecule has 0 rings (SSSR count). The number of primary amides is 2. The smallest absolute Gasteiger partial charge is 0.326 e. The predicted octanol–water partition coefficient (Wildman–Crippen LogP) is -4.01. The summed E-state index contributed by atoms with van der Waals surface area (Å²) in [5.41, 5.74) is 21.0. The van der Waals surface area contributed by atoms with Crippen LogP contribution in [-0.2, 0) is 33.6 Å². The molecule has 16 heteroatoms. The minimum atomic E-state index is -1.49. The number of rotatable bonds is 19. The van der Waals surface area contributed by atoms with Crippen molar-refractivity contribution in [1.82, 2.24) is 16.0 Å². The minimum Gasteiger partial charge on any atom is -0.481 e. The number of aliphatic carboxylic acids is 2. The van der Waals surface area contributed by atoms with Gasteiger partial charge < -0.3 is 49.1 Å². The summed E-state index contributed by atoms with van der Waals surface area (Å²) in [4.78, 5) is 82.6. The van der Waals surface area contributed by atoms with Crippen LogP contribution < -0.4 is 38.9 Å². The van der Waals surface area contributed by atoms with Gasteiger partial charge in [0.05, 0.1) is 12.5 Å². The van der Waals surface area contributed by atoms with Gasteiger partial charge in [-0.25, -0.2) is 4.79 Å². The fourth-order valence-corrected chi connectivity index (χ4v) is 2.98.